The molecule has 0 bridgehead atoms. The number of hydrazine groups is 1. The monoisotopic (exact) mass is 417 g/mol. The average molecular weight is 418 g/mol. The van der Waals surface area contributed by atoms with Gasteiger partial charge in [-0.25, -0.2) is 4.98 Å². The second-order valence-electron chi connectivity index (χ2n) is 5.47. The average Bonchev–Trinajstić information content (AvgIpc) is 3.20. The molecule has 2 aromatic carbocycles. The highest BCUT2D eigenvalue weighted by Crippen LogP contribution is 2.31. The molecule has 0 saturated heterocycles. The molecule has 0 fully saturated rings. The number of amides is 2. The van der Waals surface area contributed by atoms with Gasteiger partial charge in [0.05, 0.1) is 18.4 Å². The maximum atomic E-state index is 11.9. The molecule has 0 saturated carbocycles. The number of aromatic amines is 1. The first-order valence-electron chi connectivity index (χ1n) is 8.10. The van der Waals surface area contributed by atoms with Gasteiger partial charge in [0.2, 0.25) is 11.1 Å². The Morgan fingerprint density at radius 3 is 2.71 bits per heavy atom. The summed E-state index contributed by atoms with van der Waals surface area (Å²) >= 11 is 7.15. The van der Waals surface area contributed by atoms with Crippen molar-refractivity contribution < 1.29 is 14.3 Å². The fourth-order valence-electron chi connectivity index (χ4n) is 2.25. The van der Waals surface area contributed by atoms with Gasteiger partial charge in [0.1, 0.15) is 5.75 Å². The lowest BCUT2D eigenvalue weighted by Crippen LogP contribution is -2.42. The molecule has 0 aliphatic rings. The van der Waals surface area contributed by atoms with Crippen molar-refractivity contribution in [3.05, 3.63) is 59.1 Å². The number of ether oxygens (including phenoxy) is 1. The summed E-state index contributed by atoms with van der Waals surface area (Å²) in [4.78, 5) is 28.1. The van der Waals surface area contributed by atoms with E-state index in [0.29, 0.717) is 32.9 Å². The Balaban J connectivity index is 1.54. The number of carbonyl (C=O) groups is 2. The van der Waals surface area contributed by atoms with Gasteiger partial charge in [-0.15, -0.1) is 5.10 Å². The number of hydrogen-bond donors (Lipinski definition) is 3. The van der Waals surface area contributed by atoms with Gasteiger partial charge in [-0.3, -0.25) is 25.5 Å². The van der Waals surface area contributed by atoms with Gasteiger partial charge in [-0.05, 0) is 30.3 Å². The molecule has 144 valence electrons. The SMILES string of the molecule is COc1ccc(Cl)cc1-c1nc(SCC(=O)NNC(=O)c2ccccc2)n[nH]1. The molecule has 0 atom stereocenters. The van der Waals surface area contributed by atoms with Crippen LogP contribution in [0.1, 0.15) is 10.4 Å². The van der Waals surface area contributed by atoms with E-state index in [1.165, 1.54) is 0 Å². The number of aromatic nitrogens is 3. The van der Waals surface area contributed by atoms with Crippen molar-refractivity contribution in [2.45, 2.75) is 5.16 Å². The van der Waals surface area contributed by atoms with Gasteiger partial charge in [-0.2, -0.15) is 0 Å². The van der Waals surface area contributed by atoms with Crippen LogP contribution in [0, 0.1) is 0 Å². The third kappa shape index (κ3) is 5.02. The van der Waals surface area contributed by atoms with Crippen molar-refractivity contribution in [1.82, 2.24) is 26.0 Å². The van der Waals surface area contributed by atoms with Crippen molar-refractivity contribution in [3.8, 4) is 17.1 Å². The summed E-state index contributed by atoms with van der Waals surface area (Å²) < 4.78 is 5.30. The number of benzene rings is 2. The van der Waals surface area contributed by atoms with E-state index in [1.54, 1.807) is 55.6 Å². The zero-order valence-electron chi connectivity index (χ0n) is 14.7. The van der Waals surface area contributed by atoms with Crippen LogP contribution in [0.2, 0.25) is 5.02 Å². The Morgan fingerprint density at radius 1 is 1.18 bits per heavy atom. The molecule has 3 N–H and O–H groups in total. The zero-order valence-corrected chi connectivity index (χ0v) is 16.3. The van der Waals surface area contributed by atoms with Crippen LogP contribution in [0.15, 0.2) is 53.7 Å². The normalized spacial score (nSPS) is 10.4. The van der Waals surface area contributed by atoms with Crippen LogP contribution in [-0.2, 0) is 4.79 Å². The molecule has 3 rings (SSSR count). The third-order valence-electron chi connectivity index (χ3n) is 3.57. The second-order valence-corrected chi connectivity index (χ2v) is 6.85. The molecule has 0 unspecified atom stereocenters. The number of H-pyrrole nitrogens is 1. The summed E-state index contributed by atoms with van der Waals surface area (Å²) in [5.74, 6) is 0.310. The largest absolute Gasteiger partial charge is 0.496 e. The standard InChI is InChI=1S/C18H16ClN5O3S/c1-27-14-8-7-12(19)9-13(14)16-20-18(24-22-16)28-10-15(25)21-23-17(26)11-5-3-2-4-6-11/h2-9H,10H2,1H3,(H,21,25)(H,23,26)(H,20,22,24). The molecule has 0 aliphatic carbocycles. The van der Waals surface area contributed by atoms with Gasteiger partial charge in [0.15, 0.2) is 5.82 Å². The van der Waals surface area contributed by atoms with E-state index in [1.807, 2.05) is 0 Å². The topological polar surface area (TPSA) is 109 Å². The number of nitrogens with one attached hydrogen (secondary N) is 3. The maximum Gasteiger partial charge on any atom is 0.269 e. The Hall–Kier alpha value is -3.04. The number of rotatable bonds is 6. The smallest absolute Gasteiger partial charge is 0.269 e. The van der Waals surface area contributed by atoms with E-state index >= 15 is 0 Å². The number of hydrogen-bond acceptors (Lipinski definition) is 6. The Kier molecular flexibility index (Phi) is 6.51. The molecule has 8 nitrogen and oxygen atoms in total. The minimum absolute atomic E-state index is 0.0268. The van der Waals surface area contributed by atoms with Gasteiger partial charge in [0.25, 0.3) is 5.91 Å². The number of methoxy groups -OCH3 is 1. The minimum atomic E-state index is -0.396. The van der Waals surface area contributed by atoms with E-state index in [4.69, 9.17) is 16.3 Å². The van der Waals surface area contributed by atoms with Crippen molar-refractivity contribution in [2.24, 2.45) is 0 Å². The molecular weight excluding hydrogens is 402 g/mol. The Labute approximate surface area is 170 Å². The summed E-state index contributed by atoms with van der Waals surface area (Å²) in [6.45, 7) is 0. The van der Waals surface area contributed by atoms with Crippen LogP contribution in [-0.4, -0.2) is 39.9 Å². The molecule has 0 aliphatic heterocycles. The van der Waals surface area contributed by atoms with Crippen molar-refractivity contribution in [3.63, 3.8) is 0 Å². The van der Waals surface area contributed by atoms with E-state index in [0.717, 1.165) is 11.8 Å². The molecule has 3 aromatic rings. The molecule has 1 aromatic heterocycles. The Morgan fingerprint density at radius 2 is 1.96 bits per heavy atom. The molecule has 1 heterocycles. The highest BCUT2D eigenvalue weighted by atomic mass is 35.5. The van der Waals surface area contributed by atoms with Crippen LogP contribution >= 0.6 is 23.4 Å². The van der Waals surface area contributed by atoms with Gasteiger partial charge in [0, 0.05) is 10.6 Å². The summed E-state index contributed by atoms with van der Waals surface area (Å²) in [6, 6.07) is 13.7. The number of nitrogens with zero attached hydrogens (tertiary/aromatic N) is 2. The van der Waals surface area contributed by atoms with Gasteiger partial charge < -0.3 is 4.74 Å². The molecule has 10 heteroatoms. The van der Waals surface area contributed by atoms with Crippen LogP contribution in [0.5, 0.6) is 5.75 Å². The summed E-state index contributed by atoms with van der Waals surface area (Å²) in [6.07, 6.45) is 0. The quantitative estimate of drug-likeness (QED) is 0.420. The molecule has 2 amide bonds. The van der Waals surface area contributed by atoms with E-state index < -0.39 is 5.91 Å². The van der Waals surface area contributed by atoms with Crippen molar-refractivity contribution in [1.29, 1.82) is 0 Å². The fourth-order valence-corrected chi connectivity index (χ4v) is 3.02. The first-order valence-corrected chi connectivity index (χ1v) is 9.46. The van der Waals surface area contributed by atoms with Gasteiger partial charge in [-0.1, -0.05) is 41.6 Å². The molecule has 0 radical (unpaired) electrons. The second kappa shape index (κ2) is 9.25. The highest BCUT2D eigenvalue weighted by Gasteiger charge is 2.13. The highest BCUT2D eigenvalue weighted by molar-refractivity contribution is 7.99. The van der Waals surface area contributed by atoms with E-state index in [2.05, 4.69) is 26.0 Å². The maximum absolute atomic E-state index is 11.9. The molecular formula is C18H16ClN5O3S. The van der Waals surface area contributed by atoms with Crippen molar-refractivity contribution >= 4 is 35.2 Å². The minimum Gasteiger partial charge on any atom is -0.496 e. The number of thioether (sulfide) groups is 1. The predicted octanol–water partition coefficient (Wildman–Crippen LogP) is 2.69. The summed E-state index contributed by atoms with van der Waals surface area (Å²) in [5, 5.41) is 7.78. The van der Waals surface area contributed by atoms with Crippen LogP contribution < -0.4 is 15.6 Å². The number of carbonyl (C=O) groups excluding carboxylic acids is 2. The van der Waals surface area contributed by atoms with Crippen molar-refractivity contribution in [2.75, 3.05) is 12.9 Å². The Bertz CT molecular complexity index is 980. The number of halogens is 1. The fraction of sp³-hybridized carbons (Fsp3) is 0.111. The molecule has 0 spiro atoms. The van der Waals surface area contributed by atoms with E-state index in [9.17, 15) is 9.59 Å². The first kappa shape index (κ1) is 19.7. The lowest BCUT2D eigenvalue weighted by atomic mass is 10.2. The third-order valence-corrected chi connectivity index (χ3v) is 4.65. The van der Waals surface area contributed by atoms with Gasteiger partial charge >= 0.3 is 0 Å². The summed E-state index contributed by atoms with van der Waals surface area (Å²) in [7, 11) is 1.55. The van der Waals surface area contributed by atoms with E-state index in [-0.39, 0.29) is 11.7 Å². The lowest BCUT2D eigenvalue weighted by molar-refractivity contribution is -0.119. The van der Waals surface area contributed by atoms with Crippen LogP contribution in [0.25, 0.3) is 11.4 Å². The zero-order chi connectivity index (χ0) is 19.9. The molecule has 28 heavy (non-hydrogen) atoms. The van der Waals surface area contributed by atoms with Crippen LogP contribution in [0.3, 0.4) is 0 Å². The summed E-state index contributed by atoms with van der Waals surface area (Å²) in [5.41, 5.74) is 5.82. The lowest BCUT2D eigenvalue weighted by Gasteiger charge is -2.06. The van der Waals surface area contributed by atoms with Crippen LogP contribution in [0.4, 0.5) is 0 Å². The predicted molar refractivity (Wildman–Crippen MR) is 106 cm³/mol. The first-order chi connectivity index (χ1) is 13.6.